The SMILES string of the molecule is O=C(Nc1cc(C(F)(F)F)ccc1F)C(c1ccccc1)c1ccccc1. The molecule has 3 aromatic carbocycles. The summed E-state index contributed by atoms with van der Waals surface area (Å²) < 4.78 is 52.7. The van der Waals surface area contributed by atoms with Crippen LogP contribution in [0.4, 0.5) is 23.2 Å². The summed E-state index contributed by atoms with van der Waals surface area (Å²) in [5.41, 5.74) is -0.246. The Kier molecular flexibility index (Phi) is 5.26. The average Bonchev–Trinajstić information content (AvgIpc) is 2.64. The minimum atomic E-state index is -4.63. The molecule has 0 aromatic heterocycles. The van der Waals surface area contributed by atoms with Gasteiger partial charge in [-0.05, 0) is 29.3 Å². The van der Waals surface area contributed by atoms with E-state index in [1.807, 2.05) is 0 Å². The van der Waals surface area contributed by atoms with Gasteiger partial charge < -0.3 is 5.32 Å². The monoisotopic (exact) mass is 373 g/mol. The summed E-state index contributed by atoms with van der Waals surface area (Å²) in [7, 11) is 0. The molecule has 27 heavy (non-hydrogen) atoms. The summed E-state index contributed by atoms with van der Waals surface area (Å²) in [6.07, 6.45) is -4.63. The fraction of sp³-hybridized carbons (Fsp3) is 0.0952. The Balaban J connectivity index is 1.97. The van der Waals surface area contributed by atoms with Crippen LogP contribution in [0.1, 0.15) is 22.6 Å². The van der Waals surface area contributed by atoms with E-state index in [4.69, 9.17) is 0 Å². The third kappa shape index (κ3) is 4.34. The second kappa shape index (κ2) is 7.61. The van der Waals surface area contributed by atoms with Gasteiger partial charge in [0.1, 0.15) is 5.82 Å². The van der Waals surface area contributed by atoms with Crippen LogP contribution >= 0.6 is 0 Å². The molecule has 0 atom stereocenters. The van der Waals surface area contributed by atoms with Crippen molar-refractivity contribution in [3.8, 4) is 0 Å². The number of anilines is 1. The van der Waals surface area contributed by atoms with E-state index in [0.717, 1.165) is 0 Å². The summed E-state index contributed by atoms with van der Waals surface area (Å²) in [6, 6.07) is 19.5. The standard InChI is InChI=1S/C21H15F4NO/c22-17-12-11-16(21(23,24)25)13-18(17)26-20(27)19(14-7-3-1-4-8-14)15-9-5-2-6-10-15/h1-13,19H,(H,26,27). The van der Waals surface area contributed by atoms with Crippen molar-refractivity contribution in [1.29, 1.82) is 0 Å². The summed E-state index contributed by atoms with van der Waals surface area (Å²) in [4.78, 5) is 12.9. The Morgan fingerprint density at radius 1 is 0.815 bits per heavy atom. The molecule has 0 aliphatic carbocycles. The van der Waals surface area contributed by atoms with Crippen molar-refractivity contribution >= 4 is 11.6 Å². The zero-order valence-electron chi connectivity index (χ0n) is 14.0. The van der Waals surface area contributed by atoms with Gasteiger partial charge in [-0.2, -0.15) is 13.2 Å². The van der Waals surface area contributed by atoms with Crippen molar-refractivity contribution in [3.63, 3.8) is 0 Å². The predicted octanol–water partition coefficient (Wildman–Crippen LogP) is 5.62. The minimum Gasteiger partial charge on any atom is -0.323 e. The molecule has 1 amide bonds. The number of amides is 1. The van der Waals surface area contributed by atoms with Crippen molar-refractivity contribution in [3.05, 3.63) is 101 Å². The lowest BCUT2D eigenvalue weighted by atomic mass is 9.90. The highest BCUT2D eigenvalue weighted by molar-refractivity contribution is 5.98. The highest BCUT2D eigenvalue weighted by atomic mass is 19.4. The molecule has 0 fully saturated rings. The molecule has 0 bridgehead atoms. The van der Waals surface area contributed by atoms with E-state index in [1.165, 1.54) is 0 Å². The first-order chi connectivity index (χ1) is 12.9. The maximum Gasteiger partial charge on any atom is 0.416 e. The van der Waals surface area contributed by atoms with Crippen LogP contribution in [-0.2, 0) is 11.0 Å². The lowest BCUT2D eigenvalue weighted by molar-refractivity contribution is -0.137. The lowest BCUT2D eigenvalue weighted by Gasteiger charge is -2.19. The predicted molar refractivity (Wildman–Crippen MR) is 94.8 cm³/mol. The van der Waals surface area contributed by atoms with Gasteiger partial charge in [-0.3, -0.25) is 4.79 Å². The van der Waals surface area contributed by atoms with E-state index < -0.39 is 35.1 Å². The van der Waals surface area contributed by atoms with E-state index in [1.54, 1.807) is 60.7 Å². The number of carbonyl (C=O) groups excluding carboxylic acids is 1. The molecule has 0 saturated carbocycles. The summed E-state index contributed by atoms with van der Waals surface area (Å²) in [5.74, 6) is -2.34. The number of halogens is 4. The van der Waals surface area contributed by atoms with Crippen LogP contribution < -0.4 is 5.32 Å². The normalized spacial score (nSPS) is 11.4. The third-order valence-corrected chi connectivity index (χ3v) is 4.08. The Labute approximate surface area is 153 Å². The van der Waals surface area contributed by atoms with Gasteiger partial charge in [-0.25, -0.2) is 4.39 Å². The Hall–Kier alpha value is -3.15. The van der Waals surface area contributed by atoms with Crippen LogP contribution in [0.2, 0.25) is 0 Å². The number of rotatable bonds is 4. The summed E-state index contributed by atoms with van der Waals surface area (Å²) in [5, 5.41) is 2.31. The molecule has 2 nitrogen and oxygen atoms in total. The number of nitrogens with one attached hydrogen (secondary N) is 1. The number of hydrogen-bond donors (Lipinski definition) is 1. The molecule has 3 rings (SSSR count). The molecule has 6 heteroatoms. The molecule has 3 aromatic rings. The average molecular weight is 373 g/mol. The van der Waals surface area contributed by atoms with Crippen molar-refractivity contribution in [2.24, 2.45) is 0 Å². The Morgan fingerprint density at radius 3 is 1.81 bits per heavy atom. The molecular formula is C21H15F4NO. The first-order valence-electron chi connectivity index (χ1n) is 8.14. The van der Waals surface area contributed by atoms with E-state index in [-0.39, 0.29) is 0 Å². The van der Waals surface area contributed by atoms with E-state index in [9.17, 15) is 22.4 Å². The van der Waals surface area contributed by atoms with Gasteiger partial charge >= 0.3 is 6.18 Å². The topological polar surface area (TPSA) is 29.1 Å². The quantitative estimate of drug-likeness (QED) is 0.591. The van der Waals surface area contributed by atoms with Crippen LogP contribution in [0, 0.1) is 5.82 Å². The van der Waals surface area contributed by atoms with Gasteiger partial charge in [0, 0.05) is 0 Å². The first kappa shape index (κ1) is 18.6. The molecule has 0 saturated heterocycles. The fourth-order valence-corrected chi connectivity index (χ4v) is 2.79. The molecule has 0 unspecified atom stereocenters. The summed E-state index contributed by atoms with van der Waals surface area (Å²) in [6.45, 7) is 0. The van der Waals surface area contributed by atoms with Gasteiger partial charge in [-0.1, -0.05) is 60.7 Å². The molecule has 0 aliphatic rings. The molecule has 0 radical (unpaired) electrons. The second-order valence-corrected chi connectivity index (χ2v) is 5.94. The Bertz CT molecular complexity index is 884. The van der Waals surface area contributed by atoms with Gasteiger partial charge in [0.05, 0.1) is 17.2 Å². The van der Waals surface area contributed by atoms with E-state index in [2.05, 4.69) is 5.32 Å². The Morgan fingerprint density at radius 2 is 1.33 bits per heavy atom. The fourth-order valence-electron chi connectivity index (χ4n) is 2.79. The number of hydrogen-bond acceptors (Lipinski definition) is 1. The third-order valence-electron chi connectivity index (χ3n) is 4.08. The molecule has 138 valence electrons. The smallest absolute Gasteiger partial charge is 0.323 e. The van der Waals surface area contributed by atoms with Crippen LogP contribution in [0.25, 0.3) is 0 Å². The maximum atomic E-state index is 14.0. The first-order valence-corrected chi connectivity index (χ1v) is 8.14. The van der Waals surface area contributed by atoms with Crippen molar-refractivity contribution < 1.29 is 22.4 Å². The number of benzene rings is 3. The van der Waals surface area contributed by atoms with Crippen molar-refractivity contribution in [2.75, 3.05) is 5.32 Å². The minimum absolute atomic E-state index is 0.508. The van der Waals surface area contributed by atoms with Gasteiger partial charge in [0.2, 0.25) is 5.91 Å². The molecular weight excluding hydrogens is 358 g/mol. The molecule has 0 heterocycles. The number of alkyl halides is 3. The second-order valence-electron chi connectivity index (χ2n) is 5.94. The van der Waals surface area contributed by atoms with Crippen LogP contribution in [0.5, 0.6) is 0 Å². The van der Waals surface area contributed by atoms with Gasteiger partial charge in [-0.15, -0.1) is 0 Å². The highest BCUT2D eigenvalue weighted by Gasteiger charge is 2.32. The largest absolute Gasteiger partial charge is 0.416 e. The van der Waals surface area contributed by atoms with Crippen LogP contribution in [-0.4, -0.2) is 5.91 Å². The summed E-state index contributed by atoms with van der Waals surface area (Å²) >= 11 is 0. The van der Waals surface area contributed by atoms with Crippen LogP contribution in [0.3, 0.4) is 0 Å². The van der Waals surface area contributed by atoms with Crippen LogP contribution in [0.15, 0.2) is 78.9 Å². The molecule has 1 N–H and O–H groups in total. The van der Waals surface area contributed by atoms with E-state index in [0.29, 0.717) is 29.3 Å². The maximum absolute atomic E-state index is 14.0. The zero-order valence-corrected chi connectivity index (χ0v) is 14.0. The van der Waals surface area contributed by atoms with E-state index >= 15 is 0 Å². The van der Waals surface area contributed by atoms with Gasteiger partial charge in [0.15, 0.2) is 0 Å². The van der Waals surface area contributed by atoms with Crippen molar-refractivity contribution in [1.82, 2.24) is 0 Å². The highest BCUT2D eigenvalue weighted by Crippen LogP contribution is 2.33. The molecule has 0 aliphatic heterocycles. The van der Waals surface area contributed by atoms with Gasteiger partial charge in [0.25, 0.3) is 0 Å². The molecule has 0 spiro atoms. The zero-order chi connectivity index (χ0) is 19.4. The lowest BCUT2D eigenvalue weighted by Crippen LogP contribution is -2.23. The van der Waals surface area contributed by atoms with Crippen molar-refractivity contribution in [2.45, 2.75) is 12.1 Å². The number of carbonyl (C=O) groups is 1.